The van der Waals surface area contributed by atoms with E-state index in [-0.39, 0.29) is 24.7 Å². The van der Waals surface area contributed by atoms with Crippen LogP contribution >= 0.6 is 0 Å². The van der Waals surface area contributed by atoms with Crippen LogP contribution in [0, 0.1) is 0 Å². The molecule has 34 heavy (non-hydrogen) atoms. The number of nitrogens with one attached hydrogen (secondary N) is 4. The highest BCUT2D eigenvalue weighted by Gasteiger charge is 2.13. The molecule has 2 aromatic carbocycles. The summed E-state index contributed by atoms with van der Waals surface area (Å²) in [5, 5.41) is 14.3. The van der Waals surface area contributed by atoms with Crippen molar-refractivity contribution in [2.24, 2.45) is 10.2 Å². The van der Waals surface area contributed by atoms with Crippen molar-refractivity contribution in [3.63, 3.8) is 0 Å². The molecule has 0 saturated heterocycles. The largest absolute Gasteiger partial charge is 0.329 e. The zero-order chi connectivity index (χ0) is 24.2. The molecule has 1 aliphatic rings. The number of amides is 2. The molecule has 1 aliphatic carbocycles. The van der Waals surface area contributed by atoms with Crippen molar-refractivity contribution in [2.45, 2.75) is 39.5 Å². The Morgan fingerprint density at radius 3 is 1.41 bits per heavy atom. The summed E-state index contributed by atoms with van der Waals surface area (Å²) < 4.78 is 0. The van der Waals surface area contributed by atoms with Gasteiger partial charge in [-0.05, 0) is 63.1 Å². The summed E-state index contributed by atoms with van der Waals surface area (Å²) in [5.41, 5.74) is 10.6. The third kappa shape index (κ3) is 8.74. The summed E-state index contributed by atoms with van der Waals surface area (Å²) >= 11 is 0. The summed E-state index contributed by atoms with van der Waals surface area (Å²) in [6.45, 7) is 3.61. The zero-order valence-electron chi connectivity index (χ0n) is 19.5. The lowest BCUT2D eigenvalue weighted by Crippen LogP contribution is -2.28. The number of hydrogen-bond acceptors (Lipinski definition) is 6. The fourth-order valence-corrected chi connectivity index (χ4v) is 3.18. The van der Waals surface area contributed by atoms with E-state index in [2.05, 4.69) is 31.7 Å². The fraction of sp³-hybridized carbons (Fsp3) is 0.231. The molecular formula is C26H30N6O2. The molecule has 0 aromatic heterocycles. The topological polar surface area (TPSA) is 107 Å². The third-order valence-electron chi connectivity index (χ3n) is 4.88. The lowest BCUT2D eigenvalue weighted by atomic mass is 10.1. The molecule has 176 valence electrons. The summed E-state index contributed by atoms with van der Waals surface area (Å²) in [7, 11) is 0. The lowest BCUT2D eigenvalue weighted by molar-refractivity contribution is -0.120. The Morgan fingerprint density at radius 1 is 0.676 bits per heavy atom. The molecule has 8 nitrogen and oxygen atoms in total. The Labute approximate surface area is 199 Å². The van der Waals surface area contributed by atoms with E-state index in [1.807, 2.05) is 72.8 Å². The number of nitrogens with zero attached hydrogens (tertiary/aromatic N) is 2. The molecule has 0 saturated carbocycles. The first-order valence-electron chi connectivity index (χ1n) is 11.2. The monoisotopic (exact) mass is 458 g/mol. The normalized spacial score (nSPS) is 13.9. The van der Waals surface area contributed by atoms with Crippen LogP contribution in [-0.2, 0) is 9.59 Å². The van der Waals surface area contributed by atoms with Crippen molar-refractivity contribution >= 4 is 34.6 Å². The molecule has 4 N–H and O–H groups in total. The maximum absolute atomic E-state index is 12.3. The second kappa shape index (κ2) is 12.7. The van der Waals surface area contributed by atoms with Gasteiger partial charge in [-0.15, -0.1) is 0 Å². The second-order valence-electron chi connectivity index (χ2n) is 7.98. The number of para-hydroxylation sites is 2. The number of benzene rings is 2. The van der Waals surface area contributed by atoms with Gasteiger partial charge in [0, 0.05) is 22.8 Å². The highest BCUT2D eigenvalue weighted by atomic mass is 16.2. The number of anilines is 2. The van der Waals surface area contributed by atoms with Crippen LogP contribution in [0.25, 0.3) is 0 Å². The third-order valence-corrected chi connectivity index (χ3v) is 4.88. The molecule has 0 heterocycles. The van der Waals surface area contributed by atoms with Gasteiger partial charge < -0.3 is 10.6 Å². The molecule has 2 amide bonds. The molecule has 0 unspecified atom stereocenters. The van der Waals surface area contributed by atoms with E-state index in [9.17, 15) is 9.59 Å². The van der Waals surface area contributed by atoms with Gasteiger partial charge >= 0.3 is 0 Å². The van der Waals surface area contributed by atoms with Crippen molar-refractivity contribution in [3.05, 3.63) is 84.2 Å². The minimum Gasteiger partial charge on any atom is -0.329 e. The second-order valence-corrected chi connectivity index (χ2v) is 7.98. The van der Waals surface area contributed by atoms with E-state index in [0.29, 0.717) is 24.3 Å². The average Bonchev–Trinajstić information content (AvgIpc) is 2.84. The Kier molecular flexibility index (Phi) is 9.16. The van der Waals surface area contributed by atoms with Crippen LogP contribution < -0.4 is 21.5 Å². The van der Waals surface area contributed by atoms with Crippen molar-refractivity contribution in [2.75, 3.05) is 10.9 Å². The number of rotatable bonds is 10. The lowest BCUT2D eigenvalue weighted by Gasteiger charge is -2.16. The summed E-state index contributed by atoms with van der Waals surface area (Å²) in [4.78, 5) is 24.6. The predicted octanol–water partition coefficient (Wildman–Crippen LogP) is 4.54. The van der Waals surface area contributed by atoms with Gasteiger partial charge in [-0.1, -0.05) is 36.4 Å². The number of allylic oxidation sites excluding steroid dienone is 4. The van der Waals surface area contributed by atoms with Gasteiger partial charge in [0.05, 0.1) is 24.2 Å². The van der Waals surface area contributed by atoms with E-state index in [0.717, 1.165) is 22.8 Å². The molecule has 2 aromatic rings. The van der Waals surface area contributed by atoms with Gasteiger partial charge in [0.25, 0.3) is 0 Å². The first-order chi connectivity index (χ1) is 16.5. The van der Waals surface area contributed by atoms with Gasteiger partial charge in [0.1, 0.15) is 0 Å². The summed E-state index contributed by atoms with van der Waals surface area (Å²) in [6, 6.07) is 19.1. The predicted molar refractivity (Wildman–Crippen MR) is 137 cm³/mol. The van der Waals surface area contributed by atoms with Gasteiger partial charge in [0.15, 0.2) is 0 Å². The Bertz CT molecular complexity index is 1020. The molecule has 0 bridgehead atoms. The Hall–Kier alpha value is -4.20. The van der Waals surface area contributed by atoms with Crippen LogP contribution in [-0.4, -0.2) is 23.2 Å². The Balaban J connectivity index is 1.41. The standard InChI is InChI=1S/C26H30N6O2/c1-19(29-31-23-9-5-3-6-10-23)17-25(33)27-21-13-15-22(16-14-21)28-26(34)18-20(2)30-32-24-11-7-4-8-12-24/h3-13,15,31-32H,14,16-18H2,1-2H3,(H,27,33)(H,28,34)/b29-19+,30-20+. The van der Waals surface area contributed by atoms with Crippen molar-refractivity contribution in [1.82, 2.24) is 10.6 Å². The van der Waals surface area contributed by atoms with E-state index >= 15 is 0 Å². The number of hydrazone groups is 2. The van der Waals surface area contributed by atoms with E-state index in [1.165, 1.54) is 0 Å². The van der Waals surface area contributed by atoms with E-state index < -0.39 is 0 Å². The minimum absolute atomic E-state index is 0.124. The first-order valence-corrected chi connectivity index (χ1v) is 11.2. The van der Waals surface area contributed by atoms with Gasteiger partial charge in [-0.3, -0.25) is 20.4 Å². The SMILES string of the molecule is C/C(CC(=O)NC1=CC=C(NC(=O)C/C(C)=N/Nc2ccccc2)CC1)=N\Nc1ccccc1. The number of carbonyl (C=O) groups is 2. The van der Waals surface area contributed by atoms with Crippen molar-refractivity contribution in [3.8, 4) is 0 Å². The van der Waals surface area contributed by atoms with Crippen LogP contribution in [0.4, 0.5) is 11.4 Å². The Morgan fingerprint density at radius 2 is 1.06 bits per heavy atom. The molecule has 0 spiro atoms. The summed E-state index contributed by atoms with van der Waals surface area (Å²) in [6.07, 6.45) is 5.31. The molecule has 3 rings (SSSR count). The van der Waals surface area contributed by atoms with Gasteiger partial charge in [-0.25, -0.2) is 0 Å². The molecule has 0 aliphatic heterocycles. The van der Waals surface area contributed by atoms with E-state index in [1.54, 1.807) is 13.8 Å². The molecule has 0 atom stereocenters. The molecule has 0 radical (unpaired) electrons. The first kappa shape index (κ1) is 24.4. The fourth-order valence-electron chi connectivity index (χ4n) is 3.18. The molecule has 0 fully saturated rings. The maximum Gasteiger partial charge on any atom is 0.229 e. The smallest absolute Gasteiger partial charge is 0.229 e. The summed E-state index contributed by atoms with van der Waals surface area (Å²) in [5.74, 6) is -0.248. The molecule has 8 heteroatoms. The number of hydrogen-bond donors (Lipinski definition) is 4. The number of carbonyl (C=O) groups excluding carboxylic acids is 2. The van der Waals surface area contributed by atoms with Gasteiger partial charge in [-0.2, -0.15) is 10.2 Å². The zero-order valence-corrected chi connectivity index (χ0v) is 19.5. The maximum atomic E-state index is 12.3. The minimum atomic E-state index is -0.124. The van der Waals surface area contributed by atoms with E-state index in [4.69, 9.17) is 0 Å². The quantitative estimate of drug-likeness (QED) is 0.310. The van der Waals surface area contributed by atoms with Crippen molar-refractivity contribution < 1.29 is 9.59 Å². The van der Waals surface area contributed by atoms with Crippen LogP contribution in [0.2, 0.25) is 0 Å². The molecular weight excluding hydrogens is 428 g/mol. The van der Waals surface area contributed by atoms with Crippen LogP contribution in [0.15, 0.2) is 94.4 Å². The highest BCUT2D eigenvalue weighted by molar-refractivity contribution is 6.01. The van der Waals surface area contributed by atoms with Crippen LogP contribution in [0.3, 0.4) is 0 Å². The van der Waals surface area contributed by atoms with Crippen molar-refractivity contribution in [1.29, 1.82) is 0 Å². The van der Waals surface area contributed by atoms with Gasteiger partial charge in [0.2, 0.25) is 11.8 Å². The van der Waals surface area contributed by atoms with Crippen LogP contribution in [0.5, 0.6) is 0 Å². The van der Waals surface area contributed by atoms with Crippen LogP contribution in [0.1, 0.15) is 39.5 Å². The average molecular weight is 459 g/mol. The highest BCUT2D eigenvalue weighted by Crippen LogP contribution is 2.15.